The molecule has 202 valence electrons. The highest BCUT2D eigenvalue weighted by molar-refractivity contribution is 5.76. The zero-order chi connectivity index (χ0) is 27.9. The van der Waals surface area contributed by atoms with E-state index in [9.17, 15) is 31.1 Å². The van der Waals surface area contributed by atoms with E-state index in [0.717, 1.165) is 0 Å². The molecular weight excluding hydrogens is 526 g/mol. The van der Waals surface area contributed by atoms with Crippen LogP contribution in [-0.2, 0) is 22.8 Å². The standard InChI is InChI=1S/C20H18F6N10O2/c1-18(2,16-34-35-17(38-16)20(24,25)26)11-12(27)32-13(33-14(11)29-8-37)10-6-36-15(28-7-30-36)9(31-10)4-3-5-19(21,22)23/h6-8H,3-5H2,1-2H3,(H3,27,29,32,33,37). The Morgan fingerprint density at radius 1 is 1.08 bits per heavy atom. The van der Waals surface area contributed by atoms with Gasteiger partial charge in [0.05, 0.1) is 22.9 Å². The molecule has 0 saturated heterocycles. The predicted molar refractivity (Wildman–Crippen MR) is 116 cm³/mol. The summed E-state index contributed by atoms with van der Waals surface area (Å²) in [5, 5.41) is 12.8. The molecule has 0 aliphatic carbocycles. The number of aryl methyl sites for hydroxylation is 1. The van der Waals surface area contributed by atoms with Crippen molar-refractivity contribution in [1.82, 2.24) is 39.7 Å². The minimum Gasteiger partial charge on any atom is -0.416 e. The summed E-state index contributed by atoms with van der Waals surface area (Å²) in [7, 11) is 0. The van der Waals surface area contributed by atoms with E-state index in [-0.39, 0.29) is 59.3 Å². The summed E-state index contributed by atoms with van der Waals surface area (Å²) in [6.07, 6.45) is -7.82. The lowest BCUT2D eigenvalue weighted by Gasteiger charge is -2.24. The van der Waals surface area contributed by atoms with Gasteiger partial charge in [-0.25, -0.2) is 24.5 Å². The highest BCUT2D eigenvalue weighted by atomic mass is 19.4. The van der Waals surface area contributed by atoms with Crippen LogP contribution in [0.5, 0.6) is 0 Å². The average Bonchev–Trinajstić information content (AvgIpc) is 3.48. The van der Waals surface area contributed by atoms with Gasteiger partial charge < -0.3 is 15.5 Å². The molecule has 4 aromatic rings. The number of carbonyl (C=O) groups excluding carboxylic acids is 1. The lowest BCUT2D eigenvalue weighted by atomic mass is 9.84. The normalized spacial score (nSPS) is 12.7. The van der Waals surface area contributed by atoms with E-state index >= 15 is 0 Å². The molecule has 3 N–H and O–H groups in total. The van der Waals surface area contributed by atoms with Crippen LogP contribution in [0.3, 0.4) is 0 Å². The second-order valence-corrected chi connectivity index (χ2v) is 8.52. The van der Waals surface area contributed by atoms with Crippen LogP contribution in [0.15, 0.2) is 16.9 Å². The van der Waals surface area contributed by atoms with E-state index in [1.807, 2.05) is 0 Å². The molecule has 4 aromatic heterocycles. The van der Waals surface area contributed by atoms with Gasteiger partial charge in [0.15, 0.2) is 11.5 Å². The third kappa shape index (κ3) is 5.32. The van der Waals surface area contributed by atoms with Gasteiger partial charge in [0.1, 0.15) is 23.7 Å². The number of fused-ring (bicyclic) bond motifs is 1. The third-order valence-corrected chi connectivity index (χ3v) is 5.39. The number of aromatic nitrogens is 8. The molecule has 4 rings (SSSR count). The fourth-order valence-electron chi connectivity index (χ4n) is 3.69. The number of alkyl halides is 6. The number of halogens is 6. The average molecular weight is 544 g/mol. The molecule has 18 heteroatoms. The Labute approximate surface area is 208 Å². The molecular formula is C20H18F6N10O2. The van der Waals surface area contributed by atoms with Crippen molar-refractivity contribution < 1.29 is 35.6 Å². The van der Waals surface area contributed by atoms with Crippen molar-refractivity contribution in [2.24, 2.45) is 0 Å². The number of hydrogen-bond donors (Lipinski definition) is 2. The second kappa shape index (κ2) is 9.49. The van der Waals surface area contributed by atoms with Crippen molar-refractivity contribution in [1.29, 1.82) is 0 Å². The van der Waals surface area contributed by atoms with E-state index in [1.54, 1.807) is 0 Å². The van der Waals surface area contributed by atoms with Crippen LogP contribution in [0.2, 0.25) is 0 Å². The van der Waals surface area contributed by atoms with E-state index < -0.39 is 36.0 Å². The summed E-state index contributed by atoms with van der Waals surface area (Å²) in [6, 6.07) is 0. The Hall–Kier alpha value is -4.38. The van der Waals surface area contributed by atoms with Gasteiger partial charge in [0.2, 0.25) is 12.3 Å². The fraction of sp³-hybridized carbons (Fsp3) is 0.400. The van der Waals surface area contributed by atoms with Gasteiger partial charge >= 0.3 is 18.2 Å². The number of hydrogen-bond acceptors (Lipinski definition) is 10. The Bertz CT molecular complexity index is 1480. The smallest absolute Gasteiger partial charge is 0.416 e. The number of nitrogens with two attached hydrogens (primary N) is 1. The first-order valence-electron chi connectivity index (χ1n) is 10.8. The molecule has 0 bridgehead atoms. The van der Waals surface area contributed by atoms with Crippen molar-refractivity contribution in [2.75, 3.05) is 11.1 Å². The first-order chi connectivity index (χ1) is 17.7. The fourth-order valence-corrected chi connectivity index (χ4v) is 3.69. The van der Waals surface area contributed by atoms with Crippen molar-refractivity contribution in [3.8, 4) is 11.5 Å². The van der Waals surface area contributed by atoms with Gasteiger partial charge in [-0.1, -0.05) is 0 Å². The quantitative estimate of drug-likeness (QED) is 0.248. The number of nitrogens with zero attached hydrogens (tertiary/aromatic N) is 8. The molecule has 0 aliphatic heterocycles. The zero-order valence-electron chi connectivity index (χ0n) is 19.6. The molecule has 0 aromatic carbocycles. The number of nitrogens with one attached hydrogen (secondary N) is 1. The maximum Gasteiger partial charge on any atom is 0.470 e. The summed E-state index contributed by atoms with van der Waals surface area (Å²) >= 11 is 0. The highest BCUT2D eigenvalue weighted by Crippen LogP contribution is 2.40. The van der Waals surface area contributed by atoms with Crippen LogP contribution in [-0.4, -0.2) is 52.3 Å². The minimum absolute atomic E-state index is 0.0297. The Balaban J connectivity index is 1.78. The topological polar surface area (TPSA) is 163 Å². The molecule has 1 amide bonds. The van der Waals surface area contributed by atoms with Crippen molar-refractivity contribution >= 4 is 23.7 Å². The van der Waals surface area contributed by atoms with Crippen molar-refractivity contribution in [2.45, 2.75) is 50.9 Å². The minimum atomic E-state index is -4.89. The van der Waals surface area contributed by atoms with Crippen LogP contribution >= 0.6 is 0 Å². The Kier molecular flexibility index (Phi) is 6.66. The summed E-state index contributed by atoms with van der Waals surface area (Å²) in [6.45, 7) is 2.81. The summed E-state index contributed by atoms with van der Waals surface area (Å²) < 4.78 is 83.0. The van der Waals surface area contributed by atoms with Gasteiger partial charge in [-0.3, -0.25) is 4.79 Å². The molecule has 0 spiro atoms. The molecule has 12 nitrogen and oxygen atoms in total. The van der Waals surface area contributed by atoms with Crippen LogP contribution in [0.1, 0.15) is 49.7 Å². The SMILES string of the molecule is CC(C)(c1nnc(C(F)(F)F)o1)c1c(N)nc(-c2cn3ncnc3c(CCCC(F)(F)F)n2)nc1NC=O. The maximum atomic E-state index is 13.0. The largest absolute Gasteiger partial charge is 0.470 e. The van der Waals surface area contributed by atoms with Gasteiger partial charge in [0, 0.05) is 6.42 Å². The zero-order valence-corrected chi connectivity index (χ0v) is 19.6. The van der Waals surface area contributed by atoms with E-state index in [0.29, 0.717) is 0 Å². The first kappa shape index (κ1) is 26.7. The molecule has 0 atom stereocenters. The molecule has 0 aliphatic rings. The molecule has 0 unspecified atom stereocenters. The number of rotatable bonds is 8. The first-order valence-corrected chi connectivity index (χ1v) is 10.8. The van der Waals surface area contributed by atoms with Crippen LogP contribution in [0.4, 0.5) is 38.0 Å². The Morgan fingerprint density at radius 2 is 1.79 bits per heavy atom. The van der Waals surface area contributed by atoms with E-state index in [2.05, 4.69) is 40.5 Å². The maximum absolute atomic E-state index is 13.0. The second-order valence-electron chi connectivity index (χ2n) is 8.52. The molecule has 38 heavy (non-hydrogen) atoms. The van der Waals surface area contributed by atoms with Crippen LogP contribution in [0, 0.1) is 0 Å². The molecule has 4 heterocycles. The molecule has 0 saturated carbocycles. The van der Waals surface area contributed by atoms with E-state index in [4.69, 9.17) is 10.2 Å². The summed E-state index contributed by atoms with van der Waals surface area (Å²) in [5.41, 5.74) is 5.07. The lowest BCUT2D eigenvalue weighted by molar-refractivity contribution is -0.157. The van der Waals surface area contributed by atoms with Crippen molar-refractivity contribution in [3.05, 3.63) is 35.6 Å². The number of carbonyl (C=O) groups is 1. The summed E-state index contributed by atoms with van der Waals surface area (Å²) in [4.78, 5) is 28.1. The van der Waals surface area contributed by atoms with Gasteiger partial charge in [-0.05, 0) is 26.7 Å². The number of nitrogen functional groups attached to an aromatic ring is 1. The molecule has 0 radical (unpaired) electrons. The highest BCUT2D eigenvalue weighted by Gasteiger charge is 2.42. The third-order valence-electron chi connectivity index (χ3n) is 5.39. The predicted octanol–water partition coefficient (Wildman–Crippen LogP) is 3.34. The monoisotopic (exact) mass is 544 g/mol. The Morgan fingerprint density at radius 3 is 2.42 bits per heavy atom. The lowest BCUT2D eigenvalue weighted by Crippen LogP contribution is -2.25. The van der Waals surface area contributed by atoms with Crippen LogP contribution in [0.25, 0.3) is 17.2 Å². The van der Waals surface area contributed by atoms with Crippen molar-refractivity contribution in [3.63, 3.8) is 0 Å². The van der Waals surface area contributed by atoms with Gasteiger partial charge in [-0.15, -0.1) is 10.2 Å². The number of amides is 1. The summed E-state index contributed by atoms with van der Waals surface area (Å²) in [5.74, 6) is -2.67. The number of anilines is 2. The van der Waals surface area contributed by atoms with Crippen LogP contribution < -0.4 is 11.1 Å². The van der Waals surface area contributed by atoms with Gasteiger partial charge in [-0.2, -0.15) is 31.4 Å². The molecule has 0 fully saturated rings. The van der Waals surface area contributed by atoms with E-state index in [1.165, 1.54) is 30.9 Å². The van der Waals surface area contributed by atoms with Gasteiger partial charge in [0.25, 0.3) is 0 Å².